The standard InChI is InChI=1S/C17H25NO2/c1-5-8-20-14-7-6-12-9-13(11-17(2,3)4)18-16(19)15(12)10-14/h6-7,10,13H,5,8-9,11H2,1-4H3,(H,18,19). The fraction of sp³-hybridized carbons (Fsp3) is 0.588. The van der Waals surface area contributed by atoms with Gasteiger partial charge in [0.25, 0.3) is 5.91 Å². The van der Waals surface area contributed by atoms with Gasteiger partial charge in [0.15, 0.2) is 0 Å². The molecule has 0 fully saturated rings. The van der Waals surface area contributed by atoms with Gasteiger partial charge in [-0.25, -0.2) is 0 Å². The van der Waals surface area contributed by atoms with Gasteiger partial charge in [-0.3, -0.25) is 4.79 Å². The maximum atomic E-state index is 12.2. The van der Waals surface area contributed by atoms with Crippen LogP contribution in [0.2, 0.25) is 0 Å². The SMILES string of the molecule is CCCOc1ccc2c(c1)C(=O)NC(CC(C)(C)C)C2. The number of hydrogen-bond donors (Lipinski definition) is 1. The van der Waals surface area contributed by atoms with E-state index in [0.717, 1.165) is 36.1 Å². The smallest absolute Gasteiger partial charge is 0.251 e. The molecule has 1 unspecified atom stereocenters. The monoisotopic (exact) mass is 275 g/mol. The van der Waals surface area contributed by atoms with Crippen molar-refractivity contribution >= 4 is 5.91 Å². The van der Waals surface area contributed by atoms with Crippen molar-refractivity contribution in [2.75, 3.05) is 6.61 Å². The topological polar surface area (TPSA) is 38.3 Å². The van der Waals surface area contributed by atoms with E-state index in [9.17, 15) is 4.79 Å². The number of amides is 1. The van der Waals surface area contributed by atoms with E-state index in [2.05, 4.69) is 33.0 Å². The number of fused-ring (bicyclic) bond motifs is 1. The third-order valence-corrected chi connectivity index (χ3v) is 3.46. The molecular formula is C17H25NO2. The fourth-order valence-electron chi connectivity index (χ4n) is 2.70. The number of carbonyl (C=O) groups is 1. The molecule has 1 N–H and O–H groups in total. The van der Waals surface area contributed by atoms with Gasteiger partial charge in [0.05, 0.1) is 6.61 Å². The second kappa shape index (κ2) is 5.86. The third-order valence-electron chi connectivity index (χ3n) is 3.46. The predicted molar refractivity (Wildman–Crippen MR) is 81.3 cm³/mol. The van der Waals surface area contributed by atoms with E-state index in [0.29, 0.717) is 6.61 Å². The zero-order valence-electron chi connectivity index (χ0n) is 13.0. The van der Waals surface area contributed by atoms with Gasteiger partial charge in [0, 0.05) is 11.6 Å². The van der Waals surface area contributed by atoms with Crippen molar-refractivity contribution in [3.63, 3.8) is 0 Å². The Bertz CT molecular complexity index is 488. The molecule has 3 nitrogen and oxygen atoms in total. The Kier molecular flexibility index (Phi) is 4.36. The van der Waals surface area contributed by atoms with Crippen molar-refractivity contribution in [1.82, 2.24) is 5.32 Å². The highest BCUT2D eigenvalue weighted by Crippen LogP contribution is 2.28. The molecule has 1 aromatic rings. The molecule has 2 rings (SSSR count). The first kappa shape index (κ1) is 14.9. The quantitative estimate of drug-likeness (QED) is 0.912. The summed E-state index contributed by atoms with van der Waals surface area (Å²) in [5.41, 5.74) is 2.12. The summed E-state index contributed by atoms with van der Waals surface area (Å²) >= 11 is 0. The fourth-order valence-corrected chi connectivity index (χ4v) is 2.70. The average molecular weight is 275 g/mol. The first-order valence-corrected chi connectivity index (χ1v) is 7.45. The van der Waals surface area contributed by atoms with Crippen molar-refractivity contribution in [3.05, 3.63) is 29.3 Å². The Labute approximate surface area is 121 Å². The van der Waals surface area contributed by atoms with Crippen LogP contribution in [0.3, 0.4) is 0 Å². The summed E-state index contributed by atoms with van der Waals surface area (Å²) in [6, 6.07) is 6.11. The molecule has 0 saturated heterocycles. The number of rotatable bonds is 4. The van der Waals surface area contributed by atoms with Crippen LogP contribution < -0.4 is 10.1 Å². The van der Waals surface area contributed by atoms with Crippen LogP contribution in [0.15, 0.2) is 18.2 Å². The summed E-state index contributed by atoms with van der Waals surface area (Å²) in [4.78, 5) is 12.2. The number of ether oxygens (including phenoxy) is 1. The molecule has 0 spiro atoms. The molecular weight excluding hydrogens is 250 g/mol. The van der Waals surface area contributed by atoms with Crippen molar-refractivity contribution in [2.45, 2.75) is 53.0 Å². The highest BCUT2D eigenvalue weighted by atomic mass is 16.5. The lowest BCUT2D eigenvalue weighted by molar-refractivity contribution is 0.0912. The van der Waals surface area contributed by atoms with Crippen LogP contribution in [-0.2, 0) is 6.42 Å². The van der Waals surface area contributed by atoms with Crippen molar-refractivity contribution in [2.24, 2.45) is 5.41 Å². The van der Waals surface area contributed by atoms with E-state index in [1.54, 1.807) is 0 Å². The minimum absolute atomic E-state index is 0.0300. The van der Waals surface area contributed by atoms with Crippen LogP contribution in [0, 0.1) is 5.41 Å². The summed E-state index contributed by atoms with van der Waals surface area (Å²) in [6.45, 7) is 9.37. The maximum absolute atomic E-state index is 12.2. The summed E-state index contributed by atoms with van der Waals surface area (Å²) in [6.07, 6.45) is 2.87. The zero-order valence-corrected chi connectivity index (χ0v) is 13.0. The number of carbonyl (C=O) groups excluding carboxylic acids is 1. The van der Waals surface area contributed by atoms with Gasteiger partial charge in [-0.05, 0) is 42.4 Å². The van der Waals surface area contributed by atoms with E-state index in [1.807, 2.05) is 18.2 Å². The molecule has 110 valence electrons. The van der Waals surface area contributed by atoms with E-state index in [1.165, 1.54) is 0 Å². The van der Waals surface area contributed by atoms with Crippen LogP contribution >= 0.6 is 0 Å². The van der Waals surface area contributed by atoms with E-state index in [-0.39, 0.29) is 17.4 Å². The second-order valence-electron chi connectivity index (χ2n) is 6.81. The summed E-state index contributed by atoms with van der Waals surface area (Å²) in [5.74, 6) is 0.817. The Balaban J connectivity index is 2.14. The van der Waals surface area contributed by atoms with Gasteiger partial charge in [0.1, 0.15) is 5.75 Å². The normalized spacial score (nSPS) is 18.4. The zero-order chi connectivity index (χ0) is 14.8. The lowest BCUT2D eigenvalue weighted by Crippen LogP contribution is -2.43. The molecule has 1 aliphatic rings. The molecule has 1 heterocycles. The van der Waals surface area contributed by atoms with E-state index < -0.39 is 0 Å². The number of nitrogens with one attached hydrogen (secondary N) is 1. The van der Waals surface area contributed by atoms with Gasteiger partial charge in [-0.2, -0.15) is 0 Å². The minimum Gasteiger partial charge on any atom is -0.494 e. The molecule has 1 amide bonds. The number of hydrogen-bond acceptors (Lipinski definition) is 2. The molecule has 0 aromatic heterocycles. The van der Waals surface area contributed by atoms with Gasteiger partial charge < -0.3 is 10.1 Å². The van der Waals surface area contributed by atoms with Crippen molar-refractivity contribution in [1.29, 1.82) is 0 Å². The van der Waals surface area contributed by atoms with Crippen LogP contribution in [0.4, 0.5) is 0 Å². The maximum Gasteiger partial charge on any atom is 0.251 e. The van der Waals surface area contributed by atoms with Crippen LogP contribution in [-0.4, -0.2) is 18.6 Å². The van der Waals surface area contributed by atoms with Crippen LogP contribution in [0.1, 0.15) is 56.5 Å². The van der Waals surface area contributed by atoms with Crippen molar-refractivity contribution < 1.29 is 9.53 Å². The summed E-state index contributed by atoms with van der Waals surface area (Å²) in [5, 5.41) is 3.12. The first-order valence-electron chi connectivity index (χ1n) is 7.45. The van der Waals surface area contributed by atoms with E-state index >= 15 is 0 Å². The molecule has 0 saturated carbocycles. The number of benzene rings is 1. The van der Waals surface area contributed by atoms with Gasteiger partial charge in [-0.15, -0.1) is 0 Å². The minimum atomic E-state index is 0.0300. The lowest BCUT2D eigenvalue weighted by Gasteiger charge is -2.31. The highest BCUT2D eigenvalue weighted by molar-refractivity contribution is 5.97. The Morgan fingerprint density at radius 3 is 2.75 bits per heavy atom. The van der Waals surface area contributed by atoms with Gasteiger partial charge in [-0.1, -0.05) is 33.8 Å². The Morgan fingerprint density at radius 1 is 1.35 bits per heavy atom. The third kappa shape index (κ3) is 3.75. The molecule has 0 radical (unpaired) electrons. The lowest BCUT2D eigenvalue weighted by atomic mass is 9.83. The second-order valence-corrected chi connectivity index (χ2v) is 6.81. The highest BCUT2D eigenvalue weighted by Gasteiger charge is 2.27. The first-order chi connectivity index (χ1) is 9.39. The summed E-state index contributed by atoms with van der Waals surface area (Å²) in [7, 11) is 0. The average Bonchev–Trinajstić information content (AvgIpc) is 2.34. The van der Waals surface area contributed by atoms with E-state index in [4.69, 9.17) is 4.74 Å². The predicted octanol–water partition coefficient (Wildman–Crippen LogP) is 3.57. The van der Waals surface area contributed by atoms with Crippen molar-refractivity contribution in [3.8, 4) is 5.75 Å². The molecule has 3 heteroatoms. The van der Waals surface area contributed by atoms with Crippen LogP contribution in [0.5, 0.6) is 5.75 Å². The molecule has 1 aliphatic heterocycles. The van der Waals surface area contributed by atoms with Gasteiger partial charge in [0.2, 0.25) is 0 Å². The van der Waals surface area contributed by atoms with Crippen LogP contribution in [0.25, 0.3) is 0 Å². The Hall–Kier alpha value is -1.51. The molecule has 20 heavy (non-hydrogen) atoms. The molecule has 0 bridgehead atoms. The molecule has 1 aromatic carbocycles. The molecule has 1 atom stereocenters. The summed E-state index contributed by atoms with van der Waals surface area (Å²) < 4.78 is 5.60. The largest absolute Gasteiger partial charge is 0.494 e. The van der Waals surface area contributed by atoms with Gasteiger partial charge >= 0.3 is 0 Å². The Morgan fingerprint density at radius 2 is 2.10 bits per heavy atom. The molecule has 0 aliphatic carbocycles.